The van der Waals surface area contributed by atoms with Gasteiger partial charge in [-0.1, -0.05) is 0 Å². The number of fused-ring (bicyclic) bond motifs is 1. The van der Waals surface area contributed by atoms with Crippen molar-refractivity contribution in [2.24, 2.45) is 0 Å². The maximum absolute atomic E-state index is 11.4. The summed E-state index contributed by atoms with van der Waals surface area (Å²) in [4.78, 5) is 30.5. The second kappa shape index (κ2) is 3.84. The summed E-state index contributed by atoms with van der Waals surface area (Å²) in [5.41, 5.74) is 1.44. The first-order valence-electron chi connectivity index (χ1n) is 4.72. The van der Waals surface area contributed by atoms with Gasteiger partial charge in [-0.05, 0) is 0 Å². The van der Waals surface area contributed by atoms with Gasteiger partial charge in [-0.3, -0.25) is 4.90 Å². The van der Waals surface area contributed by atoms with Crippen LogP contribution >= 0.6 is 0 Å². The van der Waals surface area contributed by atoms with Crippen molar-refractivity contribution in [1.82, 2.24) is 14.9 Å². The number of rotatable bonds is 1. The first-order chi connectivity index (χ1) is 7.63. The molecule has 2 heterocycles. The molecule has 1 amide bonds. The topological polar surface area (TPSA) is 95.5 Å². The number of hydrogen-bond acceptors (Lipinski definition) is 4. The molecule has 0 spiro atoms. The fraction of sp³-hybridized carbons (Fsp3) is 0.444. The molecule has 0 aromatic carbocycles. The third kappa shape index (κ3) is 1.60. The molecule has 2 rings (SSSR count). The van der Waals surface area contributed by atoms with Gasteiger partial charge in [0.15, 0.2) is 0 Å². The van der Waals surface area contributed by atoms with Crippen LogP contribution in [-0.4, -0.2) is 45.2 Å². The second-order valence-electron chi connectivity index (χ2n) is 3.48. The van der Waals surface area contributed by atoms with Crippen LogP contribution in [0.4, 0.5) is 4.79 Å². The summed E-state index contributed by atoms with van der Waals surface area (Å²) in [6, 6.07) is -0.914. The minimum atomic E-state index is -1.06. The first-order valence-corrected chi connectivity index (χ1v) is 4.72. The van der Waals surface area contributed by atoms with Crippen molar-refractivity contribution in [1.29, 1.82) is 0 Å². The molecule has 0 aliphatic carbocycles. The standard InChI is InChI=1S/C9H11N3O4/c1-16-9(15)12-3-6-5(10-4-11-6)2-7(12)8(13)14/h4,7H,2-3H2,1H3,(H,10,11)(H,13,14). The SMILES string of the molecule is COC(=O)N1Cc2[nH]cnc2CC1C(=O)O. The molecular formula is C9H11N3O4. The van der Waals surface area contributed by atoms with E-state index >= 15 is 0 Å². The van der Waals surface area contributed by atoms with E-state index < -0.39 is 18.1 Å². The molecule has 0 saturated heterocycles. The third-order valence-corrected chi connectivity index (χ3v) is 2.59. The maximum Gasteiger partial charge on any atom is 0.410 e. The molecule has 1 unspecified atom stereocenters. The van der Waals surface area contributed by atoms with Crippen LogP contribution in [0.3, 0.4) is 0 Å². The number of imidazole rings is 1. The highest BCUT2D eigenvalue weighted by Gasteiger charge is 2.36. The Kier molecular flexibility index (Phi) is 2.51. The van der Waals surface area contributed by atoms with Gasteiger partial charge in [0.2, 0.25) is 0 Å². The van der Waals surface area contributed by atoms with Gasteiger partial charge in [0.1, 0.15) is 6.04 Å². The van der Waals surface area contributed by atoms with E-state index in [0.29, 0.717) is 5.69 Å². The monoisotopic (exact) mass is 225 g/mol. The molecule has 2 N–H and O–H groups in total. The Morgan fingerprint density at radius 1 is 1.69 bits per heavy atom. The lowest BCUT2D eigenvalue weighted by molar-refractivity contribution is -0.143. The van der Waals surface area contributed by atoms with Gasteiger partial charge in [-0.15, -0.1) is 0 Å². The van der Waals surface area contributed by atoms with E-state index in [9.17, 15) is 9.59 Å². The predicted molar refractivity (Wildman–Crippen MR) is 51.7 cm³/mol. The number of nitrogens with zero attached hydrogens (tertiary/aromatic N) is 2. The predicted octanol–water partition coefficient (Wildman–Crippen LogP) is -0.0126. The summed E-state index contributed by atoms with van der Waals surface area (Å²) < 4.78 is 4.55. The van der Waals surface area contributed by atoms with Gasteiger partial charge >= 0.3 is 12.1 Å². The molecule has 7 nitrogen and oxygen atoms in total. The second-order valence-corrected chi connectivity index (χ2v) is 3.48. The molecule has 1 aromatic heterocycles. The Hall–Kier alpha value is -2.05. The van der Waals surface area contributed by atoms with Crippen molar-refractivity contribution in [3.05, 3.63) is 17.7 Å². The number of aromatic amines is 1. The summed E-state index contributed by atoms with van der Waals surface area (Å²) in [5.74, 6) is -1.06. The summed E-state index contributed by atoms with van der Waals surface area (Å²) in [7, 11) is 1.23. The van der Waals surface area contributed by atoms with E-state index in [4.69, 9.17) is 5.11 Å². The summed E-state index contributed by atoms with van der Waals surface area (Å²) in [6.45, 7) is 0.180. The lowest BCUT2D eigenvalue weighted by Gasteiger charge is -2.30. The summed E-state index contributed by atoms with van der Waals surface area (Å²) in [5, 5.41) is 9.03. The smallest absolute Gasteiger partial charge is 0.410 e. The zero-order valence-electron chi connectivity index (χ0n) is 8.64. The number of carbonyl (C=O) groups is 2. The van der Waals surface area contributed by atoms with Gasteiger partial charge < -0.3 is 14.8 Å². The molecule has 7 heteroatoms. The Labute approximate surface area is 91.0 Å². The largest absolute Gasteiger partial charge is 0.480 e. The number of nitrogens with one attached hydrogen (secondary N) is 1. The van der Waals surface area contributed by atoms with Crippen molar-refractivity contribution < 1.29 is 19.4 Å². The van der Waals surface area contributed by atoms with Gasteiger partial charge in [-0.2, -0.15) is 0 Å². The van der Waals surface area contributed by atoms with E-state index in [-0.39, 0.29) is 13.0 Å². The molecule has 0 saturated carbocycles. The van der Waals surface area contributed by atoms with E-state index in [1.807, 2.05) is 0 Å². The van der Waals surface area contributed by atoms with Crippen molar-refractivity contribution in [3.8, 4) is 0 Å². The Balaban J connectivity index is 2.30. The molecule has 1 aromatic rings. The number of amides is 1. The number of aliphatic carboxylic acids is 1. The molecule has 0 radical (unpaired) electrons. The fourth-order valence-corrected chi connectivity index (χ4v) is 1.77. The van der Waals surface area contributed by atoms with Crippen molar-refractivity contribution in [2.45, 2.75) is 19.0 Å². The number of hydrogen-bond donors (Lipinski definition) is 2. The average molecular weight is 225 g/mol. The van der Waals surface area contributed by atoms with Crippen LogP contribution in [-0.2, 0) is 22.5 Å². The molecule has 16 heavy (non-hydrogen) atoms. The molecule has 0 fully saturated rings. The number of carboxylic acids is 1. The van der Waals surface area contributed by atoms with Crippen molar-refractivity contribution in [3.63, 3.8) is 0 Å². The number of aromatic nitrogens is 2. The van der Waals surface area contributed by atoms with Crippen LogP contribution < -0.4 is 0 Å². The zero-order valence-corrected chi connectivity index (χ0v) is 8.64. The summed E-state index contributed by atoms with van der Waals surface area (Å²) in [6.07, 6.45) is 1.04. The van der Waals surface area contributed by atoms with E-state index in [2.05, 4.69) is 14.7 Å². The molecule has 1 atom stereocenters. The highest BCUT2D eigenvalue weighted by atomic mass is 16.5. The maximum atomic E-state index is 11.4. The highest BCUT2D eigenvalue weighted by molar-refractivity contribution is 5.80. The first kappa shape index (κ1) is 10.5. The summed E-state index contributed by atoms with van der Waals surface area (Å²) >= 11 is 0. The molecule has 1 aliphatic rings. The lowest BCUT2D eigenvalue weighted by Crippen LogP contribution is -2.48. The minimum Gasteiger partial charge on any atom is -0.480 e. The fourth-order valence-electron chi connectivity index (χ4n) is 1.77. The number of carbonyl (C=O) groups excluding carboxylic acids is 1. The van der Waals surface area contributed by atoms with Crippen LogP contribution in [0.25, 0.3) is 0 Å². The van der Waals surface area contributed by atoms with E-state index in [0.717, 1.165) is 5.69 Å². The number of H-pyrrole nitrogens is 1. The third-order valence-electron chi connectivity index (χ3n) is 2.59. The van der Waals surface area contributed by atoms with Crippen LogP contribution in [0.2, 0.25) is 0 Å². The zero-order chi connectivity index (χ0) is 11.7. The molecule has 0 bridgehead atoms. The van der Waals surface area contributed by atoms with Crippen LogP contribution in [0.5, 0.6) is 0 Å². The molecule has 1 aliphatic heterocycles. The van der Waals surface area contributed by atoms with Crippen molar-refractivity contribution in [2.75, 3.05) is 7.11 Å². The lowest BCUT2D eigenvalue weighted by atomic mass is 10.0. The van der Waals surface area contributed by atoms with E-state index in [1.165, 1.54) is 18.3 Å². The van der Waals surface area contributed by atoms with E-state index in [1.54, 1.807) is 0 Å². The Morgan fingerprint density at radius 3 is 3.06 bits per heavy atom. The average Bonchev–Trinajstić information content (AvgIpc) is 2.73. The number of ether oxygens (including phenoxy) is 1. The number of carboxylic acid groups (broad SMARTS) is 1. The van der Waals surface area contributed by atoms with Gasteiger partial charge in [0, 0.05) is 6.42 Å². The van der Waals surface area contributed by atoms with Crippen molar-refractivity contribution >= 4 is 12.1 Å². The van der Waals surface area contributed by atoms with Gasteiger partial charge in [0.05, 0.1) is 31.4 Å². The van der Waals surface area contributed by atoms with Crippen LogP contribution in [0.1, 0.15) is 11.4 Å². The van der Waals surface area contributed by atoms with Crippen LogP contribution in [0.15, 0.2) is 6.33 Å². The van der Waals surface area contributed by atoms with Crippen LogP contribution in [0, 0.1) is 0 Å². The number of methoxy groups -OCH3 is 1. The highest BCUT2D eigenvalue weighted by Crippen LogP contribution is 2.21. The molecule has 86 valence electrons. The van der Waals surface area contributed by atoms with Gasteiger partial charge in [-0.25, -0.2) is 14.6 Å². The van der Waals surface area contributed by atoms with Gasteiger partial charge in [0.25, 0.3) is 0 Å². The Morgan fingerprint density at radius 2 is 2.44 bits per heavy atom. The Bertz CT molecular complexity index is 428. The molecular weight excluding hydrogens is 214 g/mol. The minimum absolute atomic E-state index is 0.180. The quantitative estimate of drug-likeness (QED) is 0.700. The normalized spacial score (nSPS) is 19.1.